The molecule has 18 heavy (non-hydrogen) atoms. The largest absolute Gasteiger partial charge is 0.369 e. The second-order valence-electron chi connectivity index (χ2n) is 4.89. The molecule has 1 saturated heterocycles. The van der Waals surface area contributed by atoms with Crippen LogP contribution in [0, 0.1) is 0 Å². The number of carbonyl (C=O) groups is 1. The number of hydrogen-bond donors (Lipinski definition) is 1. The summed E-state index contributed by atoms with van der Waals surface area (Å²) in [6, 6.07) is -0.114. The highest BCUT2D eigenvalue weighted by Gasteiger charge is 2.26. The normalized spacial score (nSPS) is 22.1. The molecule has 1 rings (SSSR count). The van der Waals surface area contributed by atoms with E-state index in [1.807, 2.05) is 13.8 Å². The van der Waals surface area contributed by atoms with Crippen molar-refractivity contribution in [3.8, 4) is 0 Å². The second-order valence-corrected chi connectivity index (χ2v) is 6.87. The lowest BCUT2D eigenvalue weighted by Crippen LogP contribution is -2.50. The maximum absolute atomic E-state index is 11.6. The van der Waals surface area contributed by atoms with E-state index in [1.54, 1.807) is 0 Å². The van der Waals surface area contributed by atoms with Crippen LogP contribution < -0.4 is 5.32 Å². The summed E-state index contributed by atoms with van der Waals surface area (Å²) in [7, 11) is -3.17. The van der Waals surface area contributed by atoms with E-state index in [2.05, 4.69) is 5.32 Å². The van der Waals surface area contributed by atoms with E-state index in [1.165, 1.54) is 10.6 Å². The Hall–Kier alpha value is -0.660. The molecule has 0 aromatic carbocycles. The average Bonchev–Trinajstić information content (AvgIpc) is 2.25. The first kappa shape index (κ1) is 15.4. The summed E-state index contributed by atoms with van der Waals surface area (Å²) >= 11 is 0. The molecule has 0 aliphatic carbocycles. The molecule has 0 spiro atoms. The quantitative estimate of drug-likeness (QED) is 0.765. The summed E-state index contributed by atoms with van der Waals surface area (Å²) in [6.07, 6.45) is 2.77. The van der Waals surface area contributed by atoms with Crippen molar-refractivity contribution in [2.24, 2.45) is 0 Å². The third kappa shape index (κ3) is 5.32. The zero-order valence-electron chi connectivity index (χ0n) is 11.2. The van der Waals surface area contributed by atoms with Crippen LogP contribution in [0.25, 0.3) is 0 Å². The van der Waals surface area contributed by atoms with Crippen molar-refractivity contribution in [1.29, 1.82) is 0 Å². The molecule has 6 nitrogen and oxygen atoms in total. The van der Waals surface area contributed by atoms with Crippen LogP contribution in [-0.4, -0.2) is 56.7 Å². The fourth-order valence-electron chi connectivity index (χ4n) is 1.87. The Kier molecular flexibility index (Phi) is 5.55. The molecule has 0 aromatic rings. The zero-order chi connectivity index (χ0) is 13.8. The first-order chi connectivity index (χ1) is 8.29. The number of carbonyl (C=O) groups excluding carboxylic acids is 1. The third-order valence-corrected chi connectivity index (χ3v) is 4.04. The van der Waals surface area contributed by atoms with Gasteiger partial charge in [-0.05, 0) is 26.7 Å². The predicted molar refractivity (Wildman–Crippen MR) is 68.7 cm³/mol. The molecule has 0 bridgehead atoms. The summed E-state index contributed by atoms with van der Waals surface area (Å²) < 4.78 is 29.4. The Labute approximate surface area is 109 Å². The molecule has 0 saturated carbocycles. The number of nitrogens with one attached hydrogen (secondary N) is 1. The second kappa shape index (κ2) is 6.49. The van der Waals surface area contributed by atoms with Crippen LogP contribution in [0.5, 0.6) is 0 Å². The van der Waals surface area contributed by atoms with Gasteiger partial charge in [0.15, 0.2) is 0 Å². The SMILES string of the molecule is CC(C)OCC(=O)NC1CCCN(S(C)(=O)=O)C1. The molecular formula is C11H22N2O4S. The minimum absolute atomic E-state index is 0.00891. The number of amides is 1. The van der Waals surface area contributed by atoms with Gasteiger partial charge in [-0.15, -0.1) is 0 Å². The smallest absolute Gasteiger partial charge is 0.246 e. The van der Waals surface area contributed by atoms with Gasteiger partial charge >= 0.3 is 0 Å². The molecule has 1 N–H and O–H groups in total. The van der Waals surface area contributed by atoms with Gasteiger partial charge in [0.2, 0.25) is 15.9 Å². The lowest BCUT2D eigenvalue weighted by Gasteiger charge is -2.31. The lowest BCUT2D eigenvalue weighted by atomic mass is 10.1. The summed E-state index contributed by atoms with van der Waals surface area (Å²) in [6.45, 7) is 4.63. The highest BCUT2D eigenvalue weighted by atomic mass is 32.2. The highest BCUT2D eigenvalue weighted by molar-refractivity contribution is 7.88. The van der Waals surface area contributed by atoms with E-state index in [-0.39, 0.29) is 24.7 Å². The van der Waals surface area contributed by atoms with Gasteiger partial charge in [-0.2, -0.15) is 0 Å². The van der Waals surface area contributed by atoms with Crippen LogP contribution in [0.1, 0.15) is 26.7 Å². The molecule has 1 aliphatic rings. The molecule has 1 fully saturated rings. The predicted octanol–water partition coefficient (Wildman–Crippen LogP) is -0.0484. The van der Waals surface area contributed by atoms with Gasteiger partial charge in [-0.3, -0.25) is 4.79 Å². The van der Waals surface area contributed by atoms with Gasteiger partial charge in [0.05, 0.1) is 12.4 Å². The highest BCUT2D eigenvalue weighted by Crippen LogP contribution is 2.12. The Morgan fingerprint density at radius 3 is 2.72 bits per heavy atom. The molecule has 0 radical (unpaired) electrons. The van der Waals surface area contributed by atoms with Gasteiger partial charge in [-0.25, -0.2) is 12.7 Å². The van der Waals surface area contributed by atoms with E-state index in [9.17, 15) is 13.2 Å². The van der Waals surface area contributed by atoms with E-state index in [0.717, 1.165) is 12.8 Å². The first-order valence-electron chi connectivity index (χ1n) is 6.15. The number of rotatable bonds is 5. The zero-order valence-corrected chi connectivity index (χ0v) is 12.0. The van der Waals surface area contributed by atoms with Gasteiger partial charge in [-0.1, -0.05) is 0 Å². The van der Waals surface area contributed by atoms with E-state index in [0.29, 0.717) is 13.1 Å². The maximum atomic E-state index is 11.6. The summed E-state index contributed by atoms with van der Waals surface area (Å²) in [5.41, 5.74) is 0. The minimum Gasteiger partial charge on any atom is -0.369 e. The Morgan fingerprint density at radius 2 is 2.17 bits per heavy atom. The van der Waals surface area contributed by atoms with E-state index >= 15 is 0 Å². The fraction of sp³-hybridized carbons (Fsp3) is 0.909. The standard InChI is InChI=1S/C11H22N2O4S/c1-9(2)17-8-11(14)12-10-5-4-6-13(7-10)18(3,15)16/h9-10H,4-8H2,1-3H3,(H,12,14). The van der Waals surface area contributed by atoms with Crippen molar-refractivity contribution >= 4 is 15.9 Å². The number of sulfonamides is 1. The topological polar surface area (TPSA) is 75.7 Å². The molecule has 1 amide bonds. The maximum Gasteiger partial charge on any atom is 0.246 e. The van der Waals surface area contributed by atoms with Crippen LogP contribution in [0.3, 0.4) is 0 Å². The van der Waals surface area contributed by atoms with Gasteiger partial charge < -0.3 is 10.1 Å². The number of hydrogen-bond acceptors (Lipinski definition) is 4. The van der Waals surface area contributed by atoms with Crippen LogP contribution in [-0.2, 0) is 19.6 Å². The van der Waals surface area contributed by atoms with Crippen molar-refractivity contribution in [2.45, 2.75) is 38.8 Å². The minimum atomic E-state index is -3.17. The summed E-state index contributed by atoms with van der Waals surface area (Å²) in [5.74, 6) is -0.191. The molecule has 106 valence electrons. The monoisotopic (exact) mass is 278 g/mol. The van der Waals surface area contributed by atoms with Gasteiger partial charge in [0.1, 0.15) is 6.61 Å². The molecule has 7 heteroatoms. The molecule has 1 aliphatic heterocycles. The summed E-state index contributed by atoms with van der Waals surface area (Å²) in [4.78, 5) is 11.6. The molecule has 1 heterocycles. The van der Waals surface area contributed by atoms with Crippen molar-refractivity contribution in [3.63, 3.8) is 0 Å². The van der Waals surface area contributed by atoms with E-state index < -0.39 is 10.0 Å². The van der Waals surface area contributed by atoms with Gasteiger partial charge in [0.25, 0.3) is 0 Å². The molecular weight excluding hydrogens is 256 g/mol. The van der Waals surface area contributed by atoms with Crippen molar-refractivity contribution < 1.29 is 17.9 Å². The fourth-order valence-corrected chi connectivity index (χ4v) is 2.78. The van der Waals surface area contributed by atoms with Crippen molar-refractivity contribution in [2.75, 3.05) is 26.0 Å². The third-order valence-electron chi connectivity index (χ3n) is 2.77. The number of piperidine rings is 1. The van der Waals surface area contributed by atoms with Gasteiger partial charge in [0, 0.05) is 19.1 Å². The Bertz CT molecular complexity index is 381. The first-order valence-corrected chi connectivity index (χ1v) is 8.00. The Morgan fingerprint density at radius 1 is 1.50 bits per heavy atom. The van der Waals surface area contributed by atoms with E-state index in [4.69, 9.17) is 4.74 Å². The molecule has 1 unspecified atom stereocenters. The van der Waals surface area contributed by atoms with Crippen LogP contribution >= 0.6 is 0 Å². The average molecular weight is 278 g/mol. The lowest BCUT2D eigenvalue weighted by molar-refractivity contribution is -0.128. The van der Waals surface area contributed by atoms with Crippen molar-refractivity contribution in [1.82, 2.24) is 9.62 Å². The Balaban J connectivity index is 2.41. The van der Waals surface area contributed by atoms with Crippen LogP contribution in [0.15, 0.2) is 0 Å². The number of ether oxygens (including phenoxy) is 1. The molecule has 1 atom stereocenters. The van der Waals surface area contributed by atoms with Crippen LogP contribution in [0.2, 0.25) is 0 Å². The summed E-state index contributed by atoms with van der Waals surface area (Å²) in [5, 5.41) is 2.81. The van der Waals surface area contributed by atoms with Crippen LogP contribution in [0.4, 0.5) is 0 Å². The molecule has 0 aromatic heterocycles. The van der Waals surface area contributed by atoms with Crippen molar-refractivity contribution in [3.05, 3.63) is 0 Å². The number of nitrogens with zero attached hydrogens (tertiary/aromatic N) is 1.